The van der Waals surface area contributed by atoms with Gasteiger partial charge in [-0.15, -0.1) is 0 Å². The summed E-state index contributed by atoms with van der Waals surface area (Å²) in [6.07, 6.45) is 20.9. The standard InChI is InChI=1S/C21H41O4P/c1-2-3-4-5-6-7-8-9-10-11-12-13-14-15-16-17-20(24)26-21(25,18-22)19-23/h9-10,22-23,25-26H,2-8,11-19H2,1H3/b10-9-. The molecule has 0 aliphatic heterocycles. The largest absolute Gasteiger partial charge is 0.393 e. The Balaban J connectivity index is 3.38. The predicted molar refractivity (Wildman–Crippen MR) is 112 cm³/mol. The Kier molecular flexibility index (Phi) is 17.9. The lowest BCUT2D eigenvalue weighted by atomic mass is 10.1. The summed E-state index contributed by atoms with van der Waals surface area (Å²) >= 11 is 0. The molecule has 5 heteroatoms. The van der Waals surface area contributed by atoms with Crippen molar-refractivity contribution < 1.29 is 20.1 Å². The van der Waals surface area contributed by atoms with E-state index in [1.54, 1.807) is 0 Å². The molecule has 0 aromatic carbocycles. The van der Waals surface area contributed by atoms with Crippen molar-refractivity contribution in [2.24, 2.45) is 0 Å². The van der Waals surface area contributed by atoms with Gasteiger partial charge in [0.15, 0.2) is 5.52 Å². The second-order valence-corrected chi connectivity index (χ2v) is 8.97. The summed E-state index contributed by atoms with van der Waals surface area (Å²) in [4.78, 5) is 11.7. The molecule has 4 nitrogen and oxygen atoms in total. The Morgan fingerprint density at radius 2 is 1.27 bits per heavy atom. The summed E-state index contributed by atoms with van der Waals surface area (Å²) in [5.41, 5.74) is -0.0618. The average molecular weight is 389 g/mol. The fourth-order valence-corrected chi connectivity index (χ4v) is 3.79. The van der Waals surface area contributed by atoms with Crippen LogP contribution in [0.2, 0.25) is 0 Å². The van der Waals surface area contributed by atoms with Crippen molar-refractivity contribution in [3.8, 4) is 0 Å². The molecule has 0 rings (SSSR count). The third kappa shape index (κ3) is 15.9. The Morgan fingerprint density at radius 1 is 0.808 bits per heavy atom. The van der Waals surface area contributed by atoms with Crippen molar-refractivity contribution in [3.05, 3.63) is 12.2 Å². The molecule has 0 saturated carbocycles. The molecule has 0 aliphatic carbocycles. The zero-order valence-electron chi connectivity index (χ0n) is 16.7. The number of carbonyl (C=O) groups is 1. The molecule has 0 aromatic rings. The van der Waals surface area contributed by atoms with Crippen LogP contribution in [0.25, 0.3) is 0 Å². The summed E-state index contributed by atoms with van der Waals surface area (Å²) in [7, 11) is -0.431. The fourth-order valence-electron chi connectivity index (χ4n) is 2.81. The first-order valence-electron chi connectivity index (χ1n) is 10.5. The highest BCUT2D eigenvalue weighted by molar-refractivity contribution is 7.59. The maximum Gasteiger partial charge on any atom is 0.154 e. The molecular weight excluding hydrogens is 347 g/mol. The summed E-state index contributed by atoms with van der Waals surface area (Å²) in [5, 5.41) is 26.0. The summed E-state index contributed by atoms with van der Waals surface area (Å²) in [6, 6.07) is 0. The van der Waals surface area contributed by atoms with Crippen LogP contribution in [0.15, 0.2) is 12.2 Å². The van der Waals surface area contributed by atoms with Gasteiger partial charge in [0.25, 0.3) is 0 Å². The van der Waals surface area contributed by atoms with E-state index in [1.165, 1.54) is 57.8 Å². The highest BCUT2D eigenvalue weighted by atomic mass is 31.1. The van der Waals surface area contributed by atoms with E-state index >= 15 is 0 Å². The van der Waals surface area contributed by atoms with Gasteiger partial charge in [0, 0.05) is 6.42 Å². The van der Waals surface area contributed by atoms with Gasteiger partial charge in [-0.3, -0.25) is 4.79 Å². The molecule has 0 fully saturated rings. The van der Waals surface area contributed by atoms with Crippen LogP contribution in [-0.4, -0.2) is 39.4 Å². The first-order chi connectivity index (χ1) is 12.6. The molecule has 0 bridgehead atoms. The van der Waals surface area contributed by atoms with Crippen molar-refractivity contribution in [2.45, 2.75) is 102 Å². The number of unbranched alkanes of at least 4 members (excludes halogenated alkanes) is 11. The second-order valence-electron chi connectivity index (χ2n) is 7.23. The monoisotopic (exact) mass is 388 g/mol. The Hall–Kier alpha value is -0.280. The molecule has 26 heavy (non-hydrogen) atoms. The van der Waals surface area contributed by atoms with Gasteiger partial charge in [-0.1, -0.05) is 70.4 Å². The molecule has 3 N–H and O–H groups in total. The molecule has 1 atom stereocenters. The predicted octanol–water partition coefficient (Wildman–Crippen LogP) is 4.90. The maximum absolute atomic E-state index is 11.7. The van der Waals surface area contributed by atoms with Gasteiger partial charge in [-0.05, 0) is 40.7 Å². The molecule has 0 radical (unpaired) electrons. The van der Waals surface area contributed by atoms with Crippen molar-refractivity contribution in [1.82, 2.24) is 0 Å². The molecule has 0 aromatic heterocycles. The van der Waals surface area contributed by atoms with Gasteiger partial charge in [0.05, 0.1) is 13.2 Å². The first kappa shape index (κ1) is 25.7. The SMILES string of the molecule is CCCCCCCC/C=C\CCCCCCCC(=O)PC(O)(CO)CO. The van der Waals surface area contributed by atoms with Crippen molar-refractivity contribution >= 4 is 14.1 Å². The van der Waals surface area contributed by atoms with Crippen molar-refractivity contribution in [2.75, 3.05) is 13.2 Å². The second kappa shape index (κ2) is 18.1. The fraction of sp³-hybridized carbons (Fsp3) is 0.857. The summed E-state index contributed by atoms with van der Waals surface area (Å²) in [6.45, 7) is 1.11. The van der Waals surface area contributed by atoms with E-state index in [0.717, 1.165) is 25.7 Å². The number of hydrogen-bond acceptors (Lipinski definition) is 4. The molecule has 0 amide bonds. The molecule has 0 heterocycles. The van der Waals surface area contributed by atoms with E-state index in [-0.39, 0.29) is 5.52 Å². The molecular formula is C21H41O4P. The number of allylic oxidation sites excluding steroid dienone is 2. The smallest absolute Gasteiger partial charge is 0.154 e. The number of rotatable bonds is 19. The highest BCUT2D eigenvalue weighted by Crippen LogP contribution is 2.31. The van der Waals surface area contributed by atoms with E-state index in [1.807, 2.05) is 0 Å². The minimum atomic E-state index is -1.63. The Bertz CT molecular complexity index is 354. The molecule has 0 spiro atoms. The van der Waals surface area contributed by atoms with Crippen LogP contribution in [0, 0.1) is 0 Å². The van der Waals surface area contributed by atoms with E-state index in [2.05, 4.69) is 19.1 Å². The van der Waals surface area contributed by atoms with Crippen LogP contribution in [0.3, 0.4) is 0 Å². The molecule has 0 saturated heterocycles. The highest BCUT2D eigenvalue weighted by Gasteiger charge is 2.27. The van der Waals surface area contributed by atoms with Gasteiger partial charge in [0.1, 0.15) is 5.34 Å². The van der Waals surface area contributed by atoms with Crippen LogP contribution in [0.1, 0.15) is 96.8 Å². The minimum absolute atomic E-state index is 0.0618. The van der Waals surface area contributed by atoms with Crippen LogP contribution in [-0.2, 0) is 4.79 Å². The lowest BCUT2D eigenvalue weighted by Gasteiger charge is -2.21. The average Bonchev–Trinajstić information content (AvgIpc) is 2.64. The summed E-state index contributed by atoms with van der Waals surface area (Å²) < 4.78 is 0. The van der Waals surface area contributed by atoms with Gasteiger partial charge in [-0.2, -0.15) is 0 Å². The van der Waals surface area contributed by atoms with Crippen LogP contribution in [0.4, 0.5) is 0 Å². The summed E-state index contributed by atoms with van der Waals surface area (Å²) in [5.74, 6) is 0. The quantitative estimate of drug-likeness (QED) is 0.167. The van der Waals surface area contributed by atoms with Crippen molar-refractivity contribution in [1.29, 1.82) is 0 Å². The van der Waals surface area contributed by atoms with E-state index in [0.29, 0.717) is 6.42 Å². The molecule has 154 valence electrons. The van der Waals surface area contributed by atoms with Gasteiger partial charge >= 0.3 is 0 Å². The molecule has 1 unspecified atom stereocenters. The van der Waals surface area contributed by atoms with Gasteiger partial charge < -0.3 is 15.3 Å². The lowest BCUT2D eigenvalue weighted by Crippen LogP contribution is -2.33. The minimum Gasteiger partial charge on any atom is -0.393 e. The maximum atomic E-state index is 11.7. The third-order valence-corrected chi connectivity index (χ3v) is 5.87. The normalized spacial score (nSPS) is 12.6. The van der Waals surface area contributed by atoms with Crippen LogP contribution in [0.5, 0.6) is 0 Å². The van der Waals surface area contributed by atoms with E-state index < -0.39 is 27.1 Å². The zero-order valence-corrected chi connectivity index (χ0v) is 17.7. The number of carbonyl (C=O) groups excluding carboxylic acids is 1. The van der Waals surface area contributed by atoms with Gasteiger partial charge in [0.2, 0.25) is 0 Å². The van der Waals surface area contributed by atoms with Gasteiger partial charge in [-0.25, -0.2) is 0 Å². The first-order valence-corrected chi connectivity index (χ1v) is 11.5. The molecule has 0 aliphatic rings. The zero-order chi connectivity index (χ0) is 19.5. The van der Waals surface area contributed by atoms with Crippen LogP contribution >= 0.6 is 8.58 Å². The lowest BCUT2D eigenvalue weighted by molar-refractivity contribution is -0.112. The Morgan fingerprint density at radius 3 is 1.77 bits per heavy atom. The number of aliphatic hydroxyl groups is 3. The van der Waals surface area contributed by atoms with Crippen molar-refractivity contribution in [3.63, 3.8) is 0 Å². The topological polar surface area (TPSA) is 77.8 Å². The van der Waals surface area contributed by atoms with Crippen LogP contribution < -0.4 is 0 Å². The third-order valence-electron chi connectivity index (χ3n) is 4.56. The number of hydrogen-bond donors (Lipinski definition) is 3. The van der Waals surface area contributed by atoms with E-state index in [9.17, 15) is 9.90 Å². The van der Waals surface area contributed by atoms with E-state index in [4.69, 9.17) is 10.2 Å². The number of aliphatic hydroxyl groups excluding tert-OH is 2. The Labute approximate surface area is 162 Å².